The molecule has 2 N–H and O–H groups in total. The van der Waals surface area contributed by atoms with E-state index >= 15 is 0 Å². The molecule has 0 amide bonds. The monoisotopic (exact) mass is 468 g/mol. The van der Waals surface area contributed by atoms with E-state index in [0.29, 0.717) is 6.54 Å². The summed E-state index contributed by atoms with van der Waals surface area (Å²) in [5.74, 6) is 1.63. The molecule has 0 radical (unpaired) electrons. The summed E-state index contributed by atoms with van der Waals surface area (Å²) in [6.45, 7) is 5.11. The lowest BCUT2D eigenvalue weighted by atomic mass is 10.3. The fourth-order valence-electron chi connectivity index (χ4n) is 2.60. The second-order valence-electron chi connectivity index (χ2n) is 5.70. The molecule has 1 aromatic carbocycles. The van der Waals surface area contributed by atoms with Crippen LogP contribution in [0.3, 0.4) is 0 Å². The fraction of sp³-hybridized carbons (Fsp3) is 0.412. The van der Waals surface area contributed by atoms with Crippen molar-refractivity contribution in [1.29, 1.82) is 0 Å². The molecule has 0 unspecified atom stereocenters. The number of nitrogens with zero attached hydrogens (tertiary/aromatic N) is 6. The van der Waals surface area contributed by atoms with Crippen molar-refractivity contribution < 1.29 is 0 Å². The van der Waals surface area contributed by atoms with E-state index in [1.165, 1.54) is 5.52 Å². The van der Waals surface area contributed by atoms with Crippen LogP contribution in [0.4, 0.5) is 0 Å². The highest BCUT2D eigenvalue weighted by Gasteiger charge is 2.03. The highest BCUT2D eigenvalue weighted by atomic mass is 127. The zero-order valence-corrected chi connectivity index (χ0v) is 17.4. The molecule has 9 heteroatoms. The topological polar surface area (TPSA) is 85.0 Å². The number of halogens is 1. The first-order valence-corrected chi connectivity index (χ1v) is 8.53. The number of hydrogen-bond donors (Lipinski definition) is 2. The first-order chi connectivity index (χ1) is 12.3. The molecule has 0 bridgehead atoms. The summed E-state index contributed by atoms with van der Waals surface area (Å²) in [5, 5.41) is 10.7. The van der Waals surface area contributed by atoms with Gasteiger partial charge in [-0.15, -0.1) is 24.0 Å². The SMILES string of the molecule is CCNC(=NCc1ncnn1C)NCCCn1cnc2ccccc21.I. The van der Waals surface area contributed by atoms with Crippen LogP contribution >= 0.6 is 24.0 Å². The summed E-state index contributed by atoms with van der Waals surface area (Å²) >= 11 is 0. The van der Waals surface area contributed by atoms with E-state index in [2.05, 4.69) is 48.2 Å². The molecule has 140 valence electrons. The van der Waals surface area contributed by atoms with Crippen LogP contribution in [-0.4, -0.2) is 43.4 Å². The van der Waals surface area contributed by atoms with Crippen LogP contribution < -0.4 is 10.6 Å². The molecule has 0 spiro atoms. The van der Waals surface area contributed by atoms with Crippen LogP contribution in [0.1, 0.15) is 19.2 Å². The second-order valence-corrected chi connectivity index (χ2v) is 5.70. The highest BCUT2D eigenvalue weighted by Crippen LogP contribution is 2.11. The maximum Gasteiger partial charge on any atom is 0.191 e. The first kappa shape index (κ1) is 20.1. The molecule has 2 aromatic heterocycles. The Morgan fingerprint density at radius 2 is 2.04 bits per heavy atom. The van der Waals surface area contributed by atoms with Gasteiger partial charge in [0.05, 0.1) is 17.4 Å². The number of benzene rings is 1. The largest absolute Gasteiger partial charge is 0.357 e. The molecule has 3 rings (SSSR count). The molecule has 26 heavy (non-hydrogen) atoms. The third kappa shape index (κ3) is 5.16. The summed E-state index contributed by atoms with van der Waals surface area (Å²) in [7, 11) is 1.87. The molecular formula is C17H25IN8. The average Bonchev–Trinajstić information content (AvgIpc) is 3.22. The molecule has 0 fully saturated rings. The number of guanidine groups is 1. The third-order valence-electron chi connectivity index (χ3n) is 3.92. The summed E-state index contributed by atoms with van der Waals surface area (Å²) in [5.41, 5.74) is 2.21. The van der Waals surface area contributed by atoms with Gasteiger partial charge in [0.1, 0.15) is 18.7 Å². The lowest BCUT2D eigenvalue weighted by Crippen LogP contribution is -2.38. The van der Waals surface area contributed by atoms with Gasteiger partial charge in [0, 0.05) is 26.7 Å². The number of aromatic nitrogens is 5. The molecule has 0 aliphatic carbocycles. The summed E-state index contributed by atoms with van der Waals surface area (Å²) in [6.07, 6.45) is 4.42. The fourth-order valence-corrected chi connectivity index (χ4v) is 2.60. The Morgan fingerprint density at radius 1 is 1.19 bits per heavy atom. The van der Waals surface area contributed by atoms with Crippen molar-refractivity contribution in [3.63, 3.8) is 0 Å². The van der Waals surface area contributed by atoms with E-state index in [1.54, 1.807) is 11.0 Å². The van der Waals surface area contributed by atoms with Crippen molar-refractivity contribution in [3.05, 3.63) is 42.7 Å². The number of nitrogens with one attached hydrogen (secondary N) is 2. The lowest BCUT2D eigenvalue weighted by molar-refractivity contribution is 0.635. The molecule has 0 atom stereocenters. The van der Waals surface area contributed by atoms with E-state index in [9.17, 15) is 0 Å². The average molecular weight is 468 g/mol. The van der Waals surface area contributed by atoms with Crippen LogP contribution in [0.15, 0.2) is 41.9 Å². The highest BCUT2D eigenvalue weighted by molar-refractivity contribution is 14.0. The van der Waals surface area contributed by atoms with Crippen molar-refractivity contribution >= 4 is 41.0 Å². The van der Waals surface area contributed by atoms with Crippen LogP contribution in [0, 0.1) is 0 Å². The molecule has 2 heterocycles. The molecule has 3 aromatic rings. The van der Waals surface area contributed by atoms with E-state index in [0.717, 1.165) is 43.4 Å². The maximum absolute atomic E-state index is 4.55. The standard InChI is InChI=1S/C17H24N8.HI/c1-3-18-17(20-11-16-21-12-23-24(16)2)19-9-6-10-25-13-22-14-7-4-5-8-15(14)25;/h4-5,7-8,12-13H,3,6,9-11H2,1-2H3,(H2,18,19,20);1H. The zero-order chi connectivity index (χ0) is 17.5. The van der Waals surface area contributed by atoms with Crippen LogP contribution in [0.25, 0.3) is 11.0 Å². The van der Waals surface area contributed by atoms with Gasteiger partial charge >= 0.3 is 0 Å². The quantitative estimate of drug-likeness (QED) is 0.240. The van der Waals surface area contributed by atoms with Crippen LogP contribution in [0.2, 0.25) is 0 Å². The summed E-state index contributed by atoms with van der Waals surface area (Å²) in [4.78, 5) is 13.2. The Morgan fingerprint density at radius 3 is 2.81 bits per heavy atom. The third-order valence-corrected chi connectivity index (χ3v) is 3.92. The number of para-hydroxylation sites is 2. The number of aliphatic imine (C=N–C) groups is 1. The lowest BCUT2D eigenvalue weighted by Gasteiger charge is -2.11. The molecule has 8 nitrogen and oxygen atoms in total. The summed E-state index contributed by atoms with van der Waals surface area (Å²) < 4.78 is 3.91. The number of imidazole rings is 1. The first-order valence-electron chi connectivity index (χ1n) is 8.53. The van der Waals surface area contributed by atoms with Gasteiger partial charge in [-0.2, -0.15) is 5.10 Å². The van der Waals surface area contributed by atoms with Crippen molar-refractivity contribution in [1.82, 2.24) is 34.9 Å². The van der Waals surface area contributed by atoms with E-state index in [4.69, 9.17) is 0 Å². The number of fused-ring (bicyclic) bond motifs is 1. The van der Waals surface area contributed by atoms with Gasteiger partial charge in [0.25, 0.3) is 0 Å². The zero-order valence-electron chi connectivity index (χ0n) is 15.1. The smallest absolute Gasteiger partial charge is 0.191 e. The predicted molar refractivity (Wildman–Crippen MR) is 114 cm³/mol. The Hall–Kier alpha value is -2.17. The van der Waals surface area contributed by atoms with E-state index < -0.39 is 0 Å². The van der Waals surface area contributed by atoms with Crippen molar-refractivity contribution in [2.45, 2.75) is 26.4 Å². The molecule has 0 aliphatic rings. The molecule has 0 aliphatic heterocycles. The van der Waals surface area contributed by atoms with Gasteiger partial charge in [-0.1, -0.05) is 12.1 Å². The second kappa shape index (κ2) is 10.1. The van der Waals surface area contributed by atoms with Gasteiger partial charge in [0.2, 0.25) is 0 Å². The maximum atomic E-state index is 4.55. The van der Waals surface area contributed by atoms with Crippen molar-refractivity contribution in [2.24, 2.45) is 12.0 Å². The number of aryl methyl sites for hydroxylation is 2. The minimum atomic E-state index is 0. The Labute approximate surface area is 170 Å². The minimum Gasteiger partial charge on any atom is -0.357 e. The van der Waals surface area contributed by atoms with E-state index in [1.807, 2.05) is 31.6 Å². The minimum absolute atomic E-state index is 0. The van der Waals surface area contributed by atoms with Gasteiger partial charge in [-0.3, -0.25) is 4.68 Å². The van der Waals surface area contributed by atoms with Crippen molar-refractivity contribution in [2.75, 3.05) is 13.1 Å². The Kier molecular flexibility index (Phi) is 7.82. The van der Waals surface area contributed by atoms with Crippen LogP contribution in [-0.2, 0) is 20.1 Å². The van der Waals surface area contributed by atoms with Gasteiger partial charge in [-0.05, 0) is 25.5 Å². The van der Waals surface area contributed by atoms with Gasteiger partial charge in [-0.25, -0.2) is 15.0 Å². The van der Waals surface area contributed by atoms with E-state index in [-0.39, 0.29) is 24.0 Å². The van der Waals surface area contributed by atoms with Gasteiger partial charge in [0.15, 0.2) is 5.96 Å². The molecule has 0 saturated heterocycles. The molecule has 0 saturated carbocycles. The number of hydrogen-bond acceptors (Lipinski definition) is 4. The Bertz CT molecular complexity index is 838. The summed E-state index contributed by atoms with van der Waals surface area (Å²) in [6, 6.07) is 8.19. The Balaban J connectivity index is 0.00000243. The normalized spacial score (nSPS) is 11.4. The van der Waals surface area contributed by atoms with Crippen molar-refractivity contribution in [3.8, 4) is 0 Å². The number of rotatable bonds is 7. The molecular weight excluding hydrogens is 443 g/mol. The predicted octanol–water partition coefficient (Wildman–Crippen LogP) is 1.93. The van der Waals surface area contributed by atoms with Gasteiger partial charge < -0.3 is 15.2 Å². The van der Waals surface area contributed by atoms with Crippen LogP contribution in [0.5, 0.6) is 0 Å².